The topological polar surface area (TPSA) is 137 Å². The van der Waals surface area contributed by atoms with Gasteiger partial charge in [0.25, 0.3) is 5.91 Å². The molecule has 3 aromatic carbocycles. The van der Waals surface area contributed by atoms with Crippen molar-refractivity contribution in [2.75, 3.05) is 6.61 Å². The van der Waals surface area contributed by atoms with Gasteiger partial charge in [-0.2, -0.15) is 0 Å². The molecule has 3 rings (SSSR count). The van der Waals surface area contributed by atoms with Gasteiger partial charge in [0, 0.05) is 25.9 Å². The van der Waals surface area contributed by atoms with Crippen LogP contribution in [0.15, 0.2) is 78.9 Å². The fourth-order valence-corrected chi connectivity index (χ4v) is 3.60. The molecule has 0 bridgehead atoms. The first-order chi connectivity index (χ1) is 17.4. The Hall–Kier alpha value is -4.17. The molecule has 0 saturated heterocycles. The van der Waals surface area contributed by atoms with Gasteiger partial charge in [-0.05, 0) is 40.8 Å². The highest BCUT2D eigenvalue weighted by atomic mass is 16.5. The van der Waals surface area contributed by atoms with Gasteiger partial charge in [0.05, 0.1) is 0 Å². The molecule has 0 aromatic heterocycles. The van der Waals surface area contributed by atoms with Gasteiger partial charge >= 0.3 is 0 Å². The molecule has 0 unspecified atom stereocenters. The highest BCUT2D eigenvalue weighted by molar-refractivity contribution is 5.88. The Morgan fingerprint density at radius 3 is 2.08 bits per heavy atom. The highest BCUT2D eigenvalue weighted by Gasteiger charge is 2.21. The Balaban J connectivity index is 1.56. The van der Waals surface area contributed by atoms with Crippen LogP contribution < -0.4 is 26.8 Å². The van der Waals surface area contributed by atoms with Crippen LogP contribution in [0.5, 0.6) is 5.75 Å². The Kier molecular flexibility index (Phi) is 10.0. The third kappa shape index (κ3) is 8.88. The summed E-state index contributed by atoms with van der Waals surface area (Å²) in [6.45, 7) is 0.631. The van der Waals surface area contributed by atoms with E-state index in [2.05, 4.69) is 10.6 Å². The van der Waals surface area contributed by atoms with Crippen LogP contribution in [-0.2, 0) is 40.3 Å². The molecule has 0 spiro atoms. The van der Waals surface area contributed by atoms with Crippen molar-refractivity contribution >= 4 is 17.7 Å². The predicted octanol–water partition coefficient (Wildman–Crippen LogP) is 1.99. The predicted molar refractivity (Wildman–Crippen MR) is 138 cm³/mol. The number of amides is 3. The summed E-state index contributed by atoms with van der Waals surface area (Å²) in [6.07, 6.45) is 1.10. The van der Waals surface area contributed by atoms with E-state index in [0.29, 0.717) is 31.7 Å². The van der Waals surface area contributed by atoms with E-state index in [1.807, 2.05) is 66.7 Å². The number of primary amides is 1. The quantitative estimate of drug-likeness (QED) is 0.292. The minimum Gasteiger partial charge on any atom is -0.484 e. The molecule has 3 amide bonds. The molecule has 0 heterocycles. The monoisotopic (exact) mass is 488 g/mol. The summed E-state index contributed by atoms with van der Waals surface area (Å²) < 4.78 is 5.25. The Bertz CT molecular complexity index is 1130. The lowest BCUT2D eigenvalue weighted by atomic mass is 10.0. The first kappa shape index (κ1) is 26.4. The van der Waals surface area contributed by atoms with Gasteiger partial charge in [-0.3, -0.25) is 14.4 Å². The standard InChI is InChI=1S/C28H32N4O4/c29-17-22-6-8-23(9-7-22)18-31-28(35)25(16-21-4-2-1-3-5-21)32-27(34)15-12-20-10-13-24(14-11-20)36-19-26(30)33/h1-11,13-14,25H,12,15-19,29H2,(H2,30,33)(H,31,35)(H,32,34)/t25-/m0/s1. The average Bonchev–Trinajstić information content (AvgIpc) is 2.90. The summed E-state index contributed by atoms with van der Waals surface area (Å²) >= 11 is 0. The van der Waals surface area contributed by atoms with Crippen molar-refractivity contribution < 1.29 is 19.1 Å². The normalized spacial score (nSPS) is 11.4. The summed E-state index contributed by atoms with van der Waals surface area (Å²) in [5.74, 6) is -0.480. The van der Waals surface area contributed by atoms with Crippen molar-refractivity contribution in [1.29, 1.82) is 0 Å². The molecule has 0 saturated carbocycles. The first-order valence-electron chi connectivity index (χ1n) is 11.8. The zero-order valence-electron chi connectivity index (χ0n) is 20.1. The maximum absolute atomic E-state index is 13.0. The van der Waals surface area contributed by atoms with E-state index in [4.69, 9.17) is 16.2 Å². The van der Waals surface area contributed by atoms with Crippen LogP contribution in [0.3, 0.4) is 0 Å². The molecule has 0 aliphatic heterocycles. The molecule has 0 aliphatic carbocycles. The van der Waals surface area contributed by atoms with Gasteiger partial charge in [-0.1, -0.05) is 66.7 Å². The van der Waals surface area contributed by atoms with Crippen molar-refractivity contribution in [2.45, 2.75) is 38.4 Å². The number of hydrogen-bond acceptors (Lipinski definition) is 5. The van der Waals surface area contributed by atoms with E-state index in [1.54, 1.807) is 12.1 Å². The number of nitrogens with two attached hydrogens (primary N) is 2. The van der Waals surface area contributed by atoms with Crippen molar-refractivity contribution in [2.24, 2.45) is 11.5 Å². The van der Waals surface area contributed by atoms with E-state index >= 15 is 0 Å². The second-order valence-corrected chi connectivity index (χ2v) is 8.45. The fourth-order valence-electron chi connectivity index (χ4n) is 3.60. The zero-order chi connectivity index (χ0) is 25.8. The molecule has 0 fully saturated rings. The number of carbonyl (C=O) groups is 3. The Labute approximate surface area is 211 Å². The zero-order valence-corrected chi connectivity index (χ0v) is 20.1. The van der Waals surface area contributed by atoms with Crippen molar-refractivity contribution in [3.63, 3.8) is 0 Å². The molecular weight excluding hydrogens is 456 g/mol. The third-order valence-corrected chi connectivity index (χ3v) is 5.60. The molecule has 0 aliphatic rings. The number of hydrogen-bond donors (Lipinski definition) is 4. The van der Waals surface area contributed by atoms with Gasteiger partial charge < -0.3 is 26.8 Å². The van der Waals surface area contributed by atoms with E-state index in [1.165, 1.54) is 0 Å². The Morgan fingerprint density at radius 2 is 1.44 bits per heavy atom. The number of carbonyl (C=O) groups excluding carboxylic acids is 3. The molecule has 8 nitrogen and oxygen atoms in total. The smallest absolute Gasteiger partial charge is 0.255 e. The van der Waals surface area contributed by atoms with Gasteiger partial charge in [0.2, 0.25) is 11.8 Å². The summed E-state index contributed by atoms with van der Waals surface area (Å²) in [5.41, 5.74) is 14.6. The van der Waals surface area contributed by atoms with Crippen LogP contribution in [0.4, 0.5) is 0 Å². The first-order valence-corrected chi connectivity index (χ1v) is 11.8. The summed E-state index contributed by atoms with van der Waals surface area (Å²) in [6, 6.07) is 23.7. The van der Waals surface area contributed by atoms with E-state index in [-0.39, 0.29) is 24.8 Å². The molecule has 3 aromatic rings. The van der Waals surface area contributed by atoms with Crippen LogP contribution in [0.1, 0.15) is 28.7 Å². The van der Waals surface area contributed by atoms with E-state index in [0.717, 1.165) is 22.3 Å². The molecular formula is C28H32N4O4. The minimum atomic E-state index is -0.701. The summed E-state index contributed by atoms with van der Waals surface area (Å²) in [5, 5.41) is 5.82. The Morgan fingerprint density at radius 1 is 0.806 bits per heavy atom. The number of nitrogens with one attached hydrogen (secondary N) is 2. The molecule has 188 valence electrons. The maximum Gasteiger partial charge on any atom is 0.255 e. The second-order valence-electron chi connectivity index (χ2n) is 8.45. The largest absolute Gasteiger partial charge is 0.484 e. The lowest BCUT2D eigenvalue weighted by molar-refractivity contribution is -0.129. The lowest BCUT2D eigenvalue weighted by Gasteiger charge is -2.19. The van der Waals surface area contributed by atoms with Crippen molar-refractivity contribution in [3.8, 4) is 5.75 Å². The van der Waals surface area contributed by atoms with Crippen LogP contribution in [0.2, 0.25) is 0 Å². The van der Waals surface area contributed by atoms with Gasteiger partial charge in [-0.15, -0.1) is 0 Å². The SMILES string of the molecule is NCc1ccc(CNC(=O)[C@H](Cc2ccccc2)NC(=O)CCc2ccc(OCC(N)=O)cc2)cc1. The van der Waals surface area contributed by atoms with E-state index in [9.17, 15) is 14.4 Å². The van der Waals surface area contributed by atoms with Crippen LogP contribution in [0.25, 0.3) is 0 Å². The average molecular weight is 489 g/mol. The lowest BCUT2D eigenvalue weighted by Crippen LogP contribution is -2.47. The number of ether oxygens (including phenoxy) is 1. The molecule has 0 radical (unpaired) electrons. The van der Waals surface area contributed by atoms with Crippen LogP contribution >= 0.6 is 0 Å². The fraction of sp³-hybridized carbons (Fsp3) is 0.250. The minimum absolute atomic E-state index is 0.189. The van der Waals surface area contributed by atoms with Gasteiger partial charge in [0.1, 0.15) is 11.8 Å². The van der Waals surface area contributed by atoms with Gasteiger partial charge in [0.15, 0.2) is 6.61 Å². The third-order valence-electron chi connectivity index (χ3n) is 5.60. The van der Waals surface area contributed by atoms with Crippen LogP contribution in [0, 0.1) is 0 Å². The molecule has 6 N–H and O–H groups in total. The number of benzene rings is 3. The summed E-state index contributed by atoms with van der Waals surface area (Å²) in [4.78, 5) is 36.6. The second kappa shape index (κ2) is 13.7. The number of aryl methyl sites for hydroxylation is 1. The highest BCUT2D eigenvalue weighted by Crippen LogP contribution is 2.13. The van der Waals surface area contributed by atoms with Crippen molar-refractivity contribution in [1.82, 2.24) is 10.6 Å². The van der Waals surface area contributed by atoms with Crippen molar-refractivity contribution in [3.05, 3.63) is 101 Å². The molecule has 1 atom stereocenters. The van der Waals surface area contributed by atoms with Crippen LogP contribution in [-0.4, -0.2) is 30.4 Å². The van der Waals surface area contributed by atoms with E-state index < -0.39 is 11.9 Å². The molecule has 8 heteroatoms. The molecule has 36 heavy (non-hydrogen) atoms. The summed E-state index contributed by atoms with van der Waals surface area (Å²) in [7, 11) is 0. The maximum atomic E-state index is 13.0. The van der Waals surface area contributed by atoms with Gasteiger partial charge in [-0.25, -0.2) is 0 Å². The number of rotatable bonds is 13.